The molecule has 3 saturated heterocycles. The molecule has 0 aromatic heterocycles. The van der Waals surface area contributed by atoms with E-state index in [-0.39, 0.29) is 42.3 Å². The molecule has 6 rings (SSSR count). The summed E-state index contributed by atoms with van der Waals surface area (Å²) >= 11 is 8.23. The van der Waals surface area contributed by atoms with Crippen molar-refractivity contribution in [2.45, 2.75) is 120 Å². The number of epoxide rings is 1. The molecule has 0 saturated carbocycles. The molecule has 2 aromatic carbocycles. The highest BCUT2D eigenvalue weighted by molar-refractivity contribution is 8.00. The van der Waals surface area contributed by atoms with Gasteiger partial charge in [0.1, 0.15) is 66.1 Å². The number of halogens is 1. The van der Waals surface area contributed by atoms with Gasteiger partial charge in [-0.05, 0) is 75.8 Å². The van der Waals surface area contributed by atoms with E-state index >= 15 is 0 Å². The summed E-state index contributed by atoms with van der Waals surface area (Å²) in [6.45, 7) is 7.34. The zero-order chi connectivity index (χ0) is 55.3. The number of ether oxygens (including phenoxy) is 5. The molecule has 0 radical (unpaired) electrons. The fourth-order valence-electron chi connectivity index (χ4n) is 8.93. The Labute approximate surface area is 441 Å². The maximum absolute atomic E-state index is 14.3. The molecule has 408 valence electrons. The summed E-state index contributed by atoms with van der Waals surface area (Å²) < 4.78 is 41.0. The molecular formula is C49H62ClN6O17PS. The lowest BCUT2D eigenvalue weighted by Crippen LogP contribution is -2.63. The summed E-state index contributed by atoms with van der Waals surface area (Å²) in [7, 11) is -2.09. The van der Waals surface area contributed by atoms with Crippen molar-refractivity contribution in [1.29, 1.82) is 0 Å². The van der Waals surface area contributed by atoms with Gasteiger partial charge in [0.15, 0.2) is 5.72 Å². The SMILES string of the molecule is CO[C@@H]1/C=C/C=C(\C)Cc2cc(OCc3ccc(NC(=O)C(C)NC(=O)C(C)NC(=O)CN4C(=O)CC(SC)C4=O)cc3)c(Cl)c(c2)N(C)C(=O)C[C@H](OC(=O)CP(=O)(O)O)[C@]2(C)O[C@H]2[C@H](C)[C@@H]2C[C@@]1(O)NC(=O)O2. The number of fused-ring (bicyclic) bond motifs is 5. The van der Waals surface area contributed by atoms with E-state index in [1.165, 1.54) is 44.7 Å². The number of esters is 1. The molecule has 7 amide bonds. The van der Waals surface area contributed by atoms with E-state index < -0.39 is 133 Å². The quantitative estimate of drug-likeness (QED) is 0.0584. The highest BCUT2D eigenvalue weighted by Gasteiger charge is 2.64. The number of carbonyl (C=O) groups is 8. The van der Waals surface area contributed by atoms with Crippen LogP contribution in [0.1, 0.15) is 65.0 Å². The van der Waals surface area contributed by atoms with Gasteiger partial charge in [0.25, 0.3) is 0 Å². The van der Waals surface area contributed by atoms with Gasteiger partial charge in [-0.1, -0.05) is 54.5 Å². The monoisotopic (exact) mass is 1100 g/mol. The number of methoxy groups -OCH3 is 1. The lowest BCUT2D eigenvalue weighted by Gasteiger charge is -2.42. The number of likely N-dealkylation sites (tertiary alicyclic amines) is 1. The van der Waals surface area contributed by atoms with Crippen molar-refractivity contribution < 1.29 is 81.5 Å². The Morgan fingerprint density at radius 1 is 1.03 bits per heavy atom. The molecule has 4 aliphatic heterocycles. The average Bonchev–Trinajstić information content (AvgIpc) is 3.96. The second-order valence-electron chi connectivity index (χ2n) is 19.1. The van der Waals surface area contributed by atoms with Gasteiger partial charge < -0.3 is 59.4 Å². The number of rotatable bonds is 15. The summed E-state index contributed by atoms with van der Waals surface area (Å²) in [6.07, 6.45) is -0.234. The number of hydrogen-bond acceptors (Lipinski definition) is 16. The third kappa shape index (κ3) is 14.6. The Morgan fingerprint density at radius 2 is 1.71 bits per heavy atom. The Hall–Kier alpha value is -5.85. The van der Waals surface area contributed by atoms with Crippen molar-refractivity contribution >= 4 is 89.8 Å². The van der Waals surface area contributed by atoms with Gasteiger partial charge in [0.2, 0.25) is 35.4 Å². The van der Waals surface area contributed by atoms with Gasteiger partial charge in [-0.3, -0.25) is 48.3 Å². The molecule has 23 nitrogen and oxygen atoms in total. The van der Waals surface area contributed by atoms with Crippen LogP contribution >= 0.6 is 31.0 Å². The van der Waals surface area contributed by atoms with Crippen LogP contribution in [0.4, 0.5) is 16.2 Å². The molecule has 4 bridgehead atoms. The number of nitrogens with one attached hydrogen (secondary N) is 4. The molecule has 26 heteroatoms. The number of carbonyl (C=O) groups excluding carboxylic acids is 8. The smallest absolute Gasteiger partial charge is 0.409 e. The van der Waals surface area contributed by atoms with E-state index in [1.54, 1.807) is 74.7 Å². The third-order valence-corrected chi connectivity index (χ3v) is 15.3. The largest absolute Gasteiger partial charge is 0.487 e. The van der Waals surface area contributed by atoms with Crippen LogP contribution in [-0.4, -0.2) is 153 Å². The van der Waals surface area contributed by atoms with Crippen LogP contribution in [0, 0.1) is 5.92 Å². The predicted molar refractivity (Wildman–Crippen MR) is 272 cm³/mol. The lowest BCUT2D eigenvalue weighted by atomic mass is 9.83. The van der Waals surface area contributed by atoms with Gasteiger partial charge in [-0.2, -0.15) is 11.8 Å². The first-order valence-corrected chi connectivity index (χ1v) is 27.2. The van der Waals surface area contributed by atoms with Crippen LogP contribution in [0.25, 0.3) is 0 Å². The van der Waals surface area contributed by atoms with Gasteiger partial charge >= 0.3 is 19.7 Å². The number of allylic oxidation sites excluding steroid dienone is 3. The predicted octanol–water partition coefficient (Wildman–Crippen LogP) is 2.85. The number of alkyl carbamates (subject to hydrolysis) is 1. The Balaban J connectivity index is 1.17. The first kappa shape index (κ1) is 58.4. The van der Waals surface area contributed by atoms with E-state index in [9.17, 15) is 57.8 Å². The lowest BCUT2D eigenvalue weighted by molar-refractivity contribution is -0.151. The van der Waals surface area contributed by atoms with Crippen molar-refractivity contribution in [3.8, 4) is 5.75 Å². The minimum absolute atomic E-state index is 0.00882. The van der Waals surface area contributed by atoms with Crippen LogP contribution in [-0.2, 0) is 70.1 Å². The molecular weight excluding hydrogens is 1040 g/mol. The molecule has 3 fully saturated rings. The van der Waals surface area contributed by atoms with Gasteiger partial charge in [0, 0.05) is 38.6 Å². The standard InChI is InChI=1S/C49H62ClN6O17PS/c1-25-10-9-11-36(69-7)49(65)21-34(71-47(64)54-49)26(2)43-48(5,73-43)37(72-41(60)24-74(66,67)68)20-39(58)55(6)32-17-30(16-25)18-33(42(32)50)70-23-29-12-14-31(15-13-29)53-45(62)28(4)52-44(61)27(3)51-38(57)22-56-40(59)19-35(75-8)46(56)63/h9-15,17-18,26-28,34-37,43,65H,16,19-24H2,1-8H3,(H,51,57)(H,52,61)(H,53,62)(H,54,64)(H2,66,67,68)/b11-9+,25-10+/t26-,27?,28?,34+,35?,36-,37+,43+,48+,49+/m1/s1. The van der Waals surface area contributed by atoms with E-state index in [4.69, 9.17) is 35.3 Å². The van der Waals surface area contributed by atoms with Crippen LogP contribution in [0.3, 0.4) is 0 Å². The zero-order valence-corrected chi connectivity index (χ0v) is 44.9. The molecule has 4 heterocycles. The molecule has 10 atom stereocenters. The molecule has 4 aliphatic rings. The van der Waals surface area contributed by atoms with Crippen molar-refractivity contribution in [1.82, 2.24) is 20.9 Å². The van der Waals surface area contributed by atoms with Crippen LogP contribution in [0.15, 0.2) is 60.2 Å². The fraction of sp³-hybridized carbons (Fsp3) is 0.510. The number of benzene rings is 2. The minimum Gasteiger partial charge on any atom is -0.487 e. The number of aliphatic hydroxyl groups is 1. The number of imide groups is 1. The van der Waals surface area contributed by atoms with E-state index in [1.807, 2.05) is 6.92 Å². The topological polar surface area (TPSA) is 318 Å². The number of amides is 7. The molecule has 0 spiro atoms. The van der Waals surface area contributed by atoms with Crippen molar-refractivity contribution in [3.63, 3.8) is 0 Å². The van der Waals surface area contributed by atoms with Gasteiger partial charge in [0.05, 0.1) is 23.5 Å². The molecule has 7 N–H and O–H groups in total. The van der Waals surface area contributed by atoms with Crippen molar-refractivity contribution in [3.05, 3.63) is 76.3 Å². The van der Waals surface area contributed by atoms with Crippen LogP contribution in [0.5, 0.6) is 5.75 Å². The number of hydrogen-bond donors (Lipinski definition) is 7. The highest BCUT2D eigenvalue weighted by atomic mass is 35.5. The number of thioether (sulfide) groups is 1. The second-order valence-corrected chi connectivity index (χ2v) is 22.2. The summed E-state index contributed by atoms with van der Waals surface area (Å²) in [5.41, 5.74) is -0.743. The molecule has 0 aliphatic carbocycles. The maximum Gasteiger partial charge on any atom is 0.409 e. The van der Waals surface area contributed by atoms with E-state index in [0.717, 1.165) is 10.5 Å². The molecule has 3 unspecified atom stereocenters. The van der Waals surface area contributed by atoms with Gasteiger partial charge in [-0.25, -0.2) is 4.79 Å². The summed E-state index contributed by atoms with van der Waals surface area (Å²) in [5, 5.41) is 21.4. The fourth-order valence-corrected chi connectivity index (χ4v) is 10.3. The van der Waals surface area contributed by atoms with E-state index in [0.29, 0.717) is 16.8 Å². The summed E-state index contributed by atoms with van der Waals surface area (Å²) in [4.78, 5) is 125. The van der Waals surface area contributed by atoms with Crippen molar-refractivity contribution in [2.24, 2.45) is 5.92 Å². The molecule has 2 aromatic rings. The van der Waals surface area contributed by atoms with Gasteiger partial charge in [-0.15, -0.1) is 0 Å². The van der Waals surface area contributed by atoms with E-state index in [2.05, 4.69) is 21.3 Å². The zero-order valence-electron chi connectivity index (χ0n) is 42.4. The van der Waals surface area contributed by atoms with Crippen LogP contribution in [0.2, 0.25) is 5.02 Å². The Morgan fingerprint density at radius 3 is 2.35 bits per heavy atom. The number of anilines is 2. The number of nitrogens with zero attached hydrogens (tertiary/aromatic N) is 2. The van der Waals surface area contributed by atoms with Crippen LogP contribution < -0.4 is 30.9 Å². The normalized spacial score (nSPS) is 28.1. The first-order chi connectivity index (χ1) is 35.1. The third-order valence-electron chi connectivity index (χ3n) is 13.3. The first-order valence-electron chi connectivity index (χ1n) is 23.7. The average molecular weight is 1110 g/mol. The second kappa shape index (κ2) is 24.0. The summed E-state index contributed by atoms with van der Waals surface area (Å²) in [5.74, 6) is -5.35. The molecule has 75 heavy (non-hydrogen) atoms. The highest BCUT2D eigenvalue weighted by Crippen LogP contribution is 2.49. The summed E-state index contributed by atoms with van der Waals surface area (Å²) in [6, 6.07) is 7.79. The Bertz CT molecular complexity index is 2690. The van der Waals surface area contributed by atoms with Crippen molar-refractivity contribution in [2.75, 3.05) is 43.3 Å². The minimum atomic E-state index is -4.90. The maximum atomic E-state index is 14.3. The Kier molecular flexibility index (Phi) is 18.7.